The third kappa shape index (κ3) is 2.70. The second-order valence-electron chi connectivity index (χ2n) is 5.13. The van der Waals surface area contributed by atoms with E-state index in [1.54, 1.807) is 0 Å². The molecule has 1 aliphatic heterocycles. The Kier molecular flexibility index (Phi) is 3.26. The van der Waals surface area contributed by atoms with Crippen molar-refractivity contribution >= 4 is 0 Å². The van der Waals surface area contributed by atoms with Crippen molar-refractivity contribution in [3.63, 3.8) is 0 Å². The highest BCUT2D eigenvalue weighted by Gasteiger charge is 2.23. The molecule has 2 fully saturated rings. The van der Waals surface area contributed by atoms with Crippen molar-refractivity contribution in [2.45, 2.75) is 57.9 Å². The van der Waals surface area contributed by atoms with Gasteiger partial charge in [-0.05, 0) is 44.6 Å². The van der Waals surface area contributed by atoms with E-state index in [-0.39, 0.29) is 0 Å². The lowest BCUT2D eigenvalue weighted by atomic mass is 9.84. The molecule has 0 aromatic heterocycles. The molecule has 0 aromatic rings. The molecule has 2 atom stereocenters. The molecule has 0 amide bonds. The third-order valence-corrected chi connectivity index (χ3v) is 3.87. The maximum absolute atomic E-state index is 3.54. The van der Waals surface area contributed by atoms with Crippen LogP contribution < -0.4 is 5.32 Å². The molecule has 1 heteroatoms. The average molecular weight is 181 g/mol. The fourth-order valence-electron chi connectivity index (χ4n) is 3.17. The maximum Gasteiger partial charge on any atom is 0.00413 e. The summed E-state index contributed by atoms with van der Waals surface area (Å²) in [5.41, 5.74) is 0. The van der Waals surface area contributed by atoms with Crippen LogP contribution >= 0.6 is 0 Å². The molecular weight excluding hydrogens is 158 g/mol. The topological polar surface area (TPSA) is 12.0 Å². The van der Waals surface area contributed by atoms with Crippen molar-refractivity contribution in [3.05, 3.63) is 0 Å². The first-order chi connectivity index (χ1) is 6.34. The van der Waals surface area contributed by atoms with Crippen LogP contribution in [0.1, 0.15) is 51.9 Å². The predicted octanol–water partition coefficient (Wildman–Crippen LogP) is 2.95. The van der Waals surface area contributed by atoms with Gasteiger partial charge in [-0.2, -0.15) is 0 Å². The number of hydrogen-bond donors (Lipinski definition) is 1. The second kappa shape index (κ2) is 4.45. The van der Waals surface area contributed by atoms with Crippen molar-refractivity contribution in [2.24, 2.45) is 11.8 Å². The number of rotatable bonds is 2. The van der Waals surface area contributed by atoms with E-state index >= 15 is 0 Å². The molecule has 0 radical (unpaired) electrons. The zero-order valence-electron chi connectivity index (χ0n) is 8.89. The van der Waals surface area contributed by atoms with Crippen LogP contribution in [0.5, 0.6) is 0 Å². The molecule has 1 heterocycles. The van der Waals surface area contributed by atoms with Crippen molar-refractivity contribution in [2.75, 3.05) is 6.54 Å². The SMILES string of the molecule is CC1CC(CC2CCCC2)CCN1. The van der Waals surface area contributed by atoms with Crippen molar-refractivity contribution in [1.29, 1.82) is 0 Å². The van der Waals surface area contributed by atoms with Gasteiger partial charge in [0, 0.05) is 6.04 Å². The molecule has 0 bridgehead atoms. The first kappa shape index (κ1) is 9.51. The third-order valence-electron chi connectivity index (χ3n) is 3.87. The van der Waals surface area contributed by atoms with E-state index in [0.717, 1.165) is 17.9 Å². The Balaban J connectivity index is 1.73. The van der Waals surface area contributed by atoms with Gasteiger partial charge >= 0.3 is 0 Å². The number of nitrogens with one attached hydrogen (secondary N) is 1. The fraction of sp³-hybridized carbons (Fsp3) is 1.00. The molecule has 1 saturated carbocycles. The van der Waals surface area contributed by atoms with Gasteiger partial charge < -0.3 is 5.32 Å². The smallest absolute Gasteiger partial charge is 0.00413 e. The summed E-state index contributed by atoms with van der Waals surface area (Å²) in [6, 6.07) is 0.778. The van der Waals surface area contributed by atoms with Crippen LogP contribution in [0.15, 0.2) is 0 Å². The van der Waals surface area contributed by atoms with Gasteiger partial charge in [-0.1, -0.05) is 25.7 Å². The second-order valence-corrected chi connectivity index (χ2v) is 5.13. The van der Waals surface area contributed by atoms with Crippen molar-refractivity contribution in [3.8, 4) is 0 Å². The Labute approximate surface area is 82.3 Å². The monoisotopic (exact) mass is 181 g/mol. The van der Waals surface area contributed by atoms with Crippen LogP contribution in [-0.4, -0.2) is 12.6 Å². The van der Waals surface area contributed by atoms with E-state index in [2.05, 4.69) is 12.2 Å². The maximum atomic E-state index is 3.54. The molecule has 2 rings (SSSR count). The highest BCUT2D eigenvalue weighted by molar-refractivity contribution is 4.78. The van der Waals surface area contributed by atoms with Crippen LogP contribution in [-0.2, 0) is 0 Å². The molecule has 0 aromatic carbocycles. The Morgan fingerprint density at radius 1 is 1.08 bits per heavy atom. The summed E-state index contributed by atoms with van der Waals surface area (Å²) in [4.78, 5) is 0. The summed E-state index contributed by atoms with van der Waals surface area (Å²) in [6.07, 6.45) is 10.5. The standard InChI is InChI=1S/C12H23N/c1-10-8-12(6-7-13-10)9-11-4-2-3-5-11/h10-13H,2-9H2,1H3. The van der Waals surface area contributed by atoms with Crippen LogP contribution in [0, 0.1) is 11.8 Å². The molecule has 1 nitrogen and oxygen atoms in total. The van der Waals surface area contributed by atoms with E-state index in [4.69, 9.17) is 0 Å². The summed E-state index contributed by atoms with van der Waals surface area (Å²) in [5, 5.41) is 3.54. The minimum Gasteiger partial charge on any atom is -0.314 e. The van der Waals surface area contributed by atoms with E-state index in [1.165, 1.54) is 51.5 Å². The summed E-state index contributed by atoms with van der Waals surface area (Å²) < 4.78 is 0. The highest BCUT2D eigenvalue weighted by atomic mass is 14.9. The quantitative estimate of drug-likeness (QED) is 0.690. The zero-order chi connectivity index (χ0) is 9.10. The normalized spacial score (nSPS) is 36.7. The largest absolute Gasteiger partial charge is 0.314 e. The van der Waals surface area contributed by atoms with Crippen LogP contribution in [0.3, 0.4) is 0 Å². The van der Waals surface area contributed by atoms with Gasteiger partial charge in [0.1, 0.15) is 0 Å². The molecule has 13 heavy (non-hydrogen) atoms. The lowest BCUT2D eigenvalue weighted by Gasteiger charge is -2.29. The number of hydrogen-bond acceptors (Lipinski definition) is 1. The lowest BCUT2D eigenvalue weighted by molar-refractivity contribution is 0.264. The first-order valence-corrected chi connectivity index (χ1v) is 6.08. The van der Waals surface area contributed by atoms with Gasteiger partial charge in [-0.25, -0.2) is 0 Å². The Morgan fingerprint density at radius 3 is 2.54 bits per heavy atom. The van der Waals surface area contributed by atoms with Gasteiger partial charge in [0.25, 0.3) is 0 Å². The fourth-order valence-corrected chi connectivity index (χ4v) is 3.17. The molecule has 2 unspecified atom stereocenters. The number of piperidine rings is 1. The average Bonchev–Trinajstić information content (AvgIpc) is 2.57. The van der Waals surface area contributed by atoms with Crippen LogP contribution in [0.2, 0.25) is 0 Å². The molecule has 1 N–H and O–H groups in total. The van der Waals surface area contributed by atoms with Crippen molar-refractivity contribution < 1.29 is 0 Å². The molecule has 1 aliphatic carbocycles. The van der Waals surface area contributed by atoms with E-state index < -0.39 is 0 Å². The van der Waals surface area contributed by atoms with Gasteiger partial charge in [0.05, 0.1) is 0 Å². The minimum atomic E-state index is 0.778. The predicted molar refractivity (Wildman–Crippen MR) is 56.8 cm³/mol. The Bertz CT molecular complexity index is 149. The molecule has 0 spiro atoms. The molecule has 76 valence electrons. The van der Waals surface area contributed by atoms with Crippen molar-refractivity contribution in [1.82, 2.24) is 5.32 Å². The van der Waals surface area contributed by atoms with Gasteiger partial charge in [-0.3, -0.25) is 0 Å². The van der Waals surface area contributed by atoms with Gasteiger partial charge in [0.15, 0.2) is 0 Å². The first-order valence-electron chi connectivity index (χ1n) is 6.08. The molecule has 2 aliphatic rings. The summed E-state index contributed by atoms with van der Waals surface area (Å²) in [6.45, 7) is 3.60. The minimum absolute atomic E-state index is 0.778. The van der Waals surface area contributed by atoms with Gasteiger partial charge in [-0.15, -0.1) is 0 Å². The van der Waals surface area contributed by atoms with Gasteiger partial charge in [0.2, 0.25) is 0 Å². The van der Waals surface area contributed by atoms with E-state index in [0.29, 0.717) is 0 Å². The summed E-state index contributed by atoms with van der Waals surface area (Å²) in [7, 11) is 0. The lowest BCUT2D eigenvalue weighted by Crippen LogP contribution is -2.36. The molecule has 1 saturated heterocycles. The highest BCUT2D eigenvalue weighted by Crippen LogP contribution is 2.33. The van der Waals surface area contributed by atoms with Crippen LogP contribution in [0.25, 0.3) is 0 Å². The Morgan fingerprint density at radius 2 is 1.85 bits per heavy atom. The van der Waals surface area contributed by atoms with E-state index in [9.17, 15) is 0 Å². The zero-order valence-corrected chi connectivity index (χ0v) is 8.89. The Hall–Kier alpha value is -0.0400. The van der Waals surface area contributed by atoms with E-state index in [1.807, 2.05) is 0 Å². The summed E-state index contributed by atoms with van der Waals surface area (Å²) >= 11 is 0. The summed E-state index contributed by atoms with van der Waals surface area (Å²) in [5.74, 6) is 2.13. The molecular formula is C12H23N. The van der Waals surface area contributed by atoms with Crippen LogP contribution in [0.4, 0.5) is 0 Å².